The summed E-state index contributed by atoms with van der Waals surface area (Å²) in [5, 5.41) is 21.9. The van der Waals surface area contributed by atoms with Crippen LogP contribution in [-0.4, -0.2) is 74.3 Å². The van der Waals surface area contributed by atoms with Gasteiger partial charge in [-0.3, -0.25) is 9.78 Å². The molecule has 0 bridgehead atoms. The number of carbonyl (C=O) groups is 1. The number of nitrogens with zero attached hydrogens (tertiary/aromatic N) is 6. The highest BCUT2D eigenvalue weighted by Gasteiger charge is 2.24. The molecule has 0 atom stereocenters. The van der Waals surface area contributed by atoms with Crippen LogP contribution < -0.4 is 4.74 Å². The molecule has 0 saturated carbocycles. The Morgan fingerprint density at radius 1 is 1.21 bits per heavy atom. The number of carbonyl (C=O) groups excluding carboxylic acids is 1. The molecular weight excluding hydrogens is 376 g/mol. The Hall–Kier alpha value is -3.37. The third-order valence-corrected chi connectivity index (χ3v) is 4.55. The van der Waals surface area contributed by atoms with Crippen LogP contribution in [0.2, 0.25) is 0 Å². The van der Waals surface area contributed by atoms with Gasteiger partial charge in [-0.25, -0.2) is 4.68 Å². The Morgan fingerprint density at radius 3 is 2.66 bits per heavy atom. The van der Waals surface area contributed by atoms with Crippen molar-refractivity contribution in [3.63, 3.8) is 0 Å². The lowest BCUT2D eigenvalue weighted by molar-refractivity contribution is 0.0298. The fraction of sp³-hybridized carbons (Fsp3) is 0.316. The van der Waals surface area contributed by atoms with Gasteiger partial charge in [0.15, 0.2) is 11.5 Å². The molecule has 29 heavy (non-hydrogen) atoms. The molecule has 1 amide bonds. The highest BCUT2D eigenvalue weighted by atomic mass is 16.5. The smallest absolute Gasteiger partial charge is 0.274 e. The van der Waals surface area contributed by atoms with Crippen molar-refractivity contribution in [1.29, 1.82) is 0 Å². The second-order valence-electron chi connectivity index (χ2n) is 6.37. The van der Waals surface area contributed by atoms with Crippen LogP contribution in [0.1, 0.15) is 16.1 Å². The van der Waals surface area contributed by atoms with Gasteiger partial charge in [-0.15, -0.1) is 10.2 Å². The van der Waals surface area contributed by atoms with E-state index in [1.54, 1.807) is 41.4 Å². The van der Waals surface area contributed by atoms with Gasteiger partial charge in [0.2, 0.25) is 5.88 Å². The predicted octanol–water partition coefficient (Wildman–Crippen LogP) is 0.698. The first-order valence-corrected chi connectivity index (χ1v) is 9.11. The number of rotatable bonds is 5. The Labute approximate surface area is 166 Å². The summed E-state index contributed by atoms with van der Waals surface area (Å²) < 4.78 is 11.9. The zero-order valence-corrected chi connectivity index (χ0v) is 15.9. The third kappa shape index (κ3) is 3.93. The molecule has 10 heteroatoms. The van der Waals surface area contributed by atoms with Crippen LogP contribution in [0.5, 0.6) is 5.88 Å². The summed E-state index contributed by atoms with van der Waals surface area (Å²) in [5.74, 6) is 0.620. The lowest BCUT2D eigenvalue weighted by Gasteiger charge is -2.25. The van der Waals surface area contributed by atoms with Crippen LogP contribution in [0, 0.1) is 0 Å². The molecule has 3 aromatic heterocycles. The van der Waals surface area contributed by atoms with Crippen molar-refractivity contribution in [3.05, 3.63) is 47.8 Å². The van der Waals surface area contributed by atoms with Gasteiger partial charge in [0.1, 0.15) is 0 Å². The summed E-state index contributed by atoms with van der Waals surface area (Å²) in [6, 6.07) is 8.58. The van der Waals surface area contributed by atoms with E-state index < -0.39 is 0 Å². The predicted molar refractivity (Wildman–Crippen MR) is 102 cm³/mol. The Bertz CT molecular complexity index is 916. The maximum Gasteiger partial charge on any atom is 0.274 e. The maximum absolute atomic E-state index is 12.9. The maximum atomic E-state index is 12.9. The molecule has 1 saturated heterocycles. The van der Waals surface area contributed by atoms with E-state index in [0.717, 1.165) is 0 Å². The third-order valence-electron chi connectivity index (χ3n) is 4.55. The Kier molecular flexibility index (Phi) is 5.45. The molecule has 150 valence electrons. The molecule has 0 aliphatic carbocycles. The van der Waals surface area contributed by atoms with Gasteiger partial charge in [-0.05, 0) is 23.8 Å². The molecule has 0 unspecified atom stereocenters. The van der Waals surface area contributed by atoms with Crippen molar-refractivity contribution < 1.29 is 19.4 Å². The SMILES string of the molecule is COc1ccc(-n2nc(C(=O)N3CCOCC3)cc2-c2ccc(CO)cn2)nn1. The van der Waals surface area contributed by atoms with E-state index in [4.69, 9.17) is 9.47 Å². The van der Waals surface area contributed by atoms with Gasteiger partial charge in [0, 0.05) is 25.4 Å². The summed E-state index contributed by atoms with van der Waals surface area (Å²) in [4.78, 5) is 19.0. The lowest BCUT2D eigenvalue weighted by Crippen LogP contribution is -2.40. The number of aliphatic hydroxyl groups excluding tert-OH is 1. The highest BCUT2D eigenvalue weighted by molar-refractivity contribution is 5.93. The number of ether oxygens (including phenoxy) is 2. The summed E-state index contributed by atoms with van der Waals surface area (Å²) in [5.41, 5.74) is 2.15. The fourth-order valence-corrected chi connectivity index (χ4v) is 2.98. The van der Waals surface area contributed by atoms with E-state index >= 15 is 0 Å². The first-order valence-electron chi connectivity index (χ1n) is 9.11. The molecule has 0 spiro atoms. The molecule has 4 heterocycles. The number of pyridine rings is 1. The molecule has 1 aliphatic heterocycles. The fourth-order valence-electron chi connectivity index (χ4n) is 2.98. The van der Waals surface area contributed by atoms with Crippen molar-refractivity contribution >= 4 is 5.91 Å². The first-order chi connectivity index (χ1) is 14.2. The molecule has 0 radical (unpaired) electrons. The minimum absolute atomic E-state index is 0.0999. The summed E-state index contributed by atoms with van der Waals surface area (Å²) in [6.45, 7) is 1.96. The van der Waals surface area contributed by atoms with Crippen molar-refractivity contribution in [2.75, 3.05) is 33.4 Å². The first kappa shape index (κ1) is 19.0. The number of hydrogen-bond acceptors (Lipinski definition) is 8. The Balaban J connectivity index is 1.75. The number of aliphatic hydroxyl groups is 1. The van der Waals surface area contributed by atoms with E-state index in [9.17, 15) is 9.90 Å². The molecule has 1 fully saturated rings. The summed E-state index contributed by atoms with van der Waals surface area (Å²) >= 11 is 0. The minimum atomic E-state index is -0.179. The molecular formula is C19H20N6O4. The highest BCUT2D eigenvalue weighted by Crippen LogP contribution is 2.23. The zero-order valence-electron chi connectivity index (χ0n) is 15.9. The van der Waals surface area contributed by atoms with Crippen molar-refractivity contribution in [2.24, 2.45) is 0 Å². The van der Waals surface area contributed by atoms with Crippen molar-refractivity contribution in [1.82, 2.24) is 29.9 Å². The zero-order chi connectivity index (χ0) is 20.2. The van der Waals surface area contributed by atoms with Gasteiger partial charge in [0.05, 0.1) is 38.3 Å². The molecule has 1 aliphatic rings. The average molecular weight is 396 g/mol. The van der Waals surface area contributed by atoms with E-state index in [0.29, 0.717) is 55.0 Å². The van der Waals surface area contributed by atoms with E-state index in [1.165, 1.54) is 11.8 Å². The number of aromatic nitrogens is 5. The molecule has 3 aromatic rings. The van der Waals surface area contributed by atoms with Gasteiger partial charge in [-0.1, -0.05) is 6.07 Å². The molecule has 1 N–H and O–H groups in total. The van der Waals surface area contributed by atoms with Crippen LogP contribution in [-0.2, 0) is 11.3 Å². The lowest BCUT2D eigenvalue weighted by atomic mass is 10.2. The molecule has 0 aromatic carbocycles. The number of hydrogen-bond donors (Lipinski definition) is 1. The average Bonchev–Trinajstić information content (AvgIpc) is 3.24. The van der Waals surface area contributed by atoms with Gasteiger partial charge < -0.3 is 19.5 Å². The van der Waals surface area contributed by atoms with Gasteiger partial charge in [-0.2, -0.15) is 5.10 Å². The van der Waals surface area contributed by atoms with Crippen LogP contribution in [0.15, 0.2) is 36.5 Å². The van der Waals surface area contributed by atoms with Gasteiger partial charge in [0.25, 0.3) is 5.91 Å². The van der Waals surface area contributed by atoms with Crippen molar-refractivity contribution in [3.8, 4) is 23.1 Å². The molecule has 4 rings (SSSR count). The van der Waals surface area contributed by atoms with Crippen LogP contribution >= 0.6 is 0 Å². The number of morpholine rings is 1. The van der Waals surface area contributed by atoms with Crippen LogP contribution in [0.3, 0.4) is 0 Å². The second-order valence-corrected chi connectivity index (χ2v) is 6.37. The standard InChI is InChI=1S/C19H20N6O4/c1-28-18-5-4-17(21-22-18)25-16(14-3-2-13(12-26)11-20-14)10-15(23-25)19(27)24-6-8-29-9-7-24/h2-5,10-11,26H,6-9,12H2,1H3. The largest absolute Gasteiger partial charge is 0.480 e. The van der Waals surface area contributed by atoms with Gasteiger partial charge >= 0.3 is 0 Å². The van der Waals surface area contributed by atoms with Crippen LogP contribution in [0.4, 0.5) is 0 Å². The minimum Gasteiger partial charge on any atom is -0.480 e. The normalized spacial score (nSPS) is 14.1. The Morgan fingerprint density at radius 2 is 2.03 bits per heavy atom. The number of amides is 1. The molecule has 10 nitrogen and oxygen atoms in total. The van der Waals surface area contributed by atoms with E-state index in [1.807, 2.05) is 0 Å². The van der Waals surface area contributed by atoms with Crippen molar-refractivity contribution in [2.45, 2.75) is 6.61 Å². The van der Waals surface area contributed by atoms with Crippen LogP contribution in [0.25, 0.3) is 17.2 Å². The second kappa shape index (κ2) is 8.33. The topological polar surface area (TPSA) is 115 Å². The monoisotopic (exact) mass is 396 g/mol. The van der Waals surface area contributed by atoms with E-state index in [2.05, 4.69) is 20.3 Å². The van der Waals surface area contributed by atoms with E-state index in [-0.39, 0.29) is 18.2 Å². The number of methoxy groups -OCH3 is 1. The summed E-state index contributed by atoms with van der Waals surface area (Å²) in [6.07, 6.45) is 1.58. The summed E-state index contributed by atoms with van der Waals surface area (Å²) in [7, 11) is 1.51. The quantitative estimate of drug-likeness (QED) is 0.670.